The Labute approximate surface area is 125 Å². The molecule has 0 amide bonds. The van der Waals surface area contributed by atoms with Crippen molar-refractivity contribution < 1.29 is 18.3 Å². The van der Waals surface area contributed by atoms with Crippen LogP contribution in [0, 0.1) is 18.8 Å². The van der Waals surface area contributed by atoms with Crippen molar-refractivity contribution in [1.82, 2.24) is 4.31 Å². The van der Waals surface area contributed by atoms with E-state index in [1.807, 2.05) is 0 Å². The van der Waals surface area contributed by atoms with E-state index in [2.05, 4.69) is 13.8 Å². The van der Waals surface area contributed by atoms with Gasteiger partial charge in [0.1, 0.15) is 0 Å². The highest BCUT2D eigenvalue weighted by molar-refractivity contribution is 7.89. The lowest BCUT2D eigenvalue weighted by molar-refractivity contribution is 0.0696. The van der Waals surface area contributed by atoms with Crippen LogP contribution in [-0.2, 0) is 10.0 Å². The summed E-state index contributed by atoms with van der Waals surface area (Å²) in [6.45, 7) is 6.85. The largest absolute Gasteiger partial charge is 0.478 e. The average molecular weight is 311 g/mol. The average Bonchev–Trinajstić information content (AvgIpc) is 2.89. The number of hydrogen-bond donors (Lipinski definition) is 1. The zero-order valence-electron chi connectivity index (χ0n) is 12.5. The van der Waals surface area contributed by atoms with Crippen LogP contribution in [0.1, 0.15) is 36.2 Å². The maximum atomic E-state index is 12.6. The van der Waals surface area contributed by atoms with E-state index in [9.17, 15) is 13.2 Å². The molecule has 1 unspecified atom stereocenters. The minimum absolute atomic E-state index is 0.0377. The number of sulfonamides is 1. The van der Waals surface area contributed by atoms with Crippen LogP contribution in [0.2, 0.25) is 0 Å². The second kappa shape index (κ2) is 5.77. The monoisotopic (exact) mass is 311 g/mol. The van der Waals surface area contributed by atoms with Gasteiger partial charge in [0.2, 0.25) is 10.0 Å². The Bertz CT molecular complexity index is 652. The van der Waals surface area contributed by atoms with Gasteiger partial charge >= 0.3 is 5.97 Å². The molecule has 1 aliphatic heterocycles. The highest BCUT2D eigenvalue weighted by Gasteiger charge is 2.34. The molecule has 1 aromatic carbocycles. The molecule has 2 rings (SSSR count). The van der Waals surface area contributed by atoms with Crippen molar-refractivity contribution in [1.29, 1.82) is 0 Å². The van der Waals surface area contributed by atoms with Gasteiger partial charge in [-0.1, -0.05) is 19.9 Å². The van der Waals surface area contributed by atoms with Crippen LogP contribution in [0.25, 0.3) is 0 Å². The summed E-state index contributed by atoms with van der Waals surface area (Å²) in [5, 5.41) is 9.13. The van der Waals surface area contributed by atoms with Crippen molar-refractivity contribution in [3.8, 4) is 0 Å². The van der Waals surface area contributed by atoms with Crippen molar-refractivity contribution in [3.63, 3.8) is 0 Å². The number of carboxylic acids is 1. The summed E-state index contributed by atoms with van der Waals surface area (Å²) in [5.74, 6) is -0.298. The Morgan fingerprint density at radius 1 is 1.38 bits per heavy atom. The second-order valence-electron chi connectivity index (χ2n) is 5.94. The molecule has 1 fully saturated rings. The molecule has 1 saturated heterocycles. The van der Waals surface area contributed by atoms with Gasteiger partial charge < -0.3 is 5.11 Å². The molecule has 1 N–H and O–H groups in total. The third kappa shape index (κ3) is 3.11. The van der Waals surface area contributed by atoms with E-state index in [4.69, 9.17) is 5.11 Å². The molecule has 0 aliphatic carbocycles. The van der Waals surface area contributed by atoms with E-state index >= 15 is 0 Å². The third-order valence-electron chi connectivity index (χ3n) is 4.21. The summed E-state index contributed by atoms with van der Waals surface area (Å²) in [4.78, 5) is 11.2. The van der Waals surface area contributed by atoms with E-state index in [1.54, 1.807) is 13.0 Å². The summed E-state index contributed by atoms with van der Waals surface area (Å²) in [6.07, 6.45) is 0.856. The Morgan fingerprint density at radius 2 is 2.05 bits per heavy atom. The van der Waals surface area contributed by atoms with E-state index < -0.39 is 16.0 Å². The molecule has 1 atom stereocenters. The zero-order chi connectivity index (χ0) is 15.8. The predicted octanol–water partition coefficient (Wildman–Crippen LogP) is 2.36. The standard InChI is InChI=1S/C15H21NO4S/c1-10(2)12-6-7-16(9-12)21(19,20)13-5-4-11(3)14(8-13)15(17)18/h4-5,8,10,12H,6-7,9H2,1-3H3,(H,17,18). The molecule has 1 aliphatic rings. The summed E-state index contributed by atoms with van der Waals surface area (Å²) in [7, 11) is -3.61. The quantitative estimate of drug-likeness (QED) is 0.926. The van der Waals surface area contributed by atoms with Crippen molar-refractivity contribution in [3.05, 3.63) is 29.3 Å². The minimum Gasteiger partial charge on any atom is -0.478 e. The smallest absolute Gasteiger partial charge is 0.335 e. The first kappa shape index (κ1) is 16.0. The fraction of sp³-hybridized carbons (Fsp3) is 0.533. The highest BCUT2D eigenvalue weighted by Crippen LogP contribution is 2.29. The maximum absolute atomic E-state index is 12.6. The molecular weight excluding hydrogens is 290 g/mol. The van der Waals surface area contributed by atoms with E-state index in [1.165, 1.54) is 16.4 Å². The van der Waals surface area contributed by atoms with E-state index in [-0.39, 0.29) is 10.5 Å². The van der Waals surface area contributed by atoms with Gasteiger partial charge in [0, 0.05) is 13.1 Å². The second-order valence-corrected chi connectivity index (χ2v) is 7.88. The highest BCUT2D eigenvalue weighted by atomic mass is 32.2. The molecule has 0 spiro atoms. The fourth-order valence-corrected chi connectivity index (χ4v) is 4.20. The number of carboxylic acid groups (broad SMARTS) is 1. The van der Waals surface area contributed by atoms with E-state index in [0.717, 1.165) is 6.42 Å². The van der Waals surface area contributed by atoms with Crippen molar-refractivity contribution in [2.75, 3.05) is 13.1 Å². The molecule has 0 aromatic heterocycles. The molecule has 5 nitrogen and oxygen atoms in total. The maximum Gasteiger partial charge on any atom is 0.335 e. The molecule has 116 valence electrons. The SMILES string of the molecule is Cc1ccc(S(=O)(=O)N2CCC(C(C)C)C2)cc1C(=O)O. The number of aryl methyl sites for hydroxylation is 1. The minimum atomic E-state index is -3.61. The zero-order valence-corrected chi connectivity index (χ0v) is 13.4. The number of aromatic carboxylic acids is 1. The topological polar surface area (TPSA) is 74.7 Å². The Hall–Kier alpha value is -1.40. The number of nitrogens with zero attached hydrogens (tertiary/aromatic N) is 1. The molecule has 0 radical (unpaired) electrons. The lowest BCUT2D eigenvalue weighted by atomic mass is 9.96. The first-order valence-electron chi connectivity index (χ1n) is 7.07. The first-order valence-corrected chi connectivity index (χ1v) is 8.51. The Balaban J connectivity index is 2.33. The van der Waals surface area contributed by atoms with Crippen molar-refractivity contribution in [2.24, 2.45) is 11.8 Å². The number of benzene rings is 1. The molecule has 6 heteroatoms. The van der Waals surface area contributed by atoms with Gasteiger partial charge in [-0.3, -0.25) is 0 Å². The Morgan fingerprint density at radius 3 is 2.57 bits per heavy atom. The summed E-state index contributed by atoms with van der Waals surface area (Å²) < 4.78 is 26.7. The molecule has 1 heterocycles. The van der Waals surface area contributed by atoms with Crippen LogP contribution in [0.15, 0.2) is 23.1 Å². The van der Waals surface area contributed by atoms with Gasteiger partial charge in [-0.2, -0.15) is 4.31 Å². The van der Waals surface area contributed by atoms with E-state index in [0.29, 0.717) is 30.5 Å². The van der Waals surface area contributed by atoms with Crippen LogP contribution < -0.4 is 0 Å². The van der Waals surface area contributed by atoms with Crippen molar-refractivity contribution >= 4 is 16.0 Å². The Kier molecular flexibility index (Phi) is 4.39. The van der Waals surface area contributed by atoms with Crippen LogP contribution in [0.5, 0.6) is 0 Å². The normalized spacial score (nSPS) is 20.1. The van der Waals surface area contributed by atoms with Crippen LogP contribution in [0.4, 0.5) is 0 Å². The lowest BCUT2D eigenvalue weighted by Gasteiger charge is -2.18. The lowest BCUT2D eigenvalue weighted by Crippen LogP contribution is -2.29. The predicted molar refractivity (Wildman–Crippen MR) is 79.8 cm³/mol. The molecule has 0 saturated carbocycles. The fourth-order valence-electron chi connectivity index (χ4n) is 2.66. The van der Waals surface area contributed by atoms with Gasteiger partial charge in [-0.15, -0.1) is 0 Å². The number of rotatable bonds is 4. The first-order chi connectivity index (χ1) is 9.73. The summed E-state index contributed by atoms with van der Waals surface area (Å²) >= 11 is 0. The van der Waals surface area contributed by atoms with Gasteiger partial charge in [-0.25, -0.2) is 13.2 Å². The van der Waals surface area contributed by atoms with Crippen LogP contribution in [-0.4, -0.2) is 36.9 Å². The van der Waals surface area contributed by atoms with Crippen LogP contribution >= 0.6 is 0 Å². The van der Waals surface area contributed by atoms with Crippen molar-refractivity contribution in [2.45, 2.75) is 32.1 Å². The number of hydrogen-bond acceptors (Lipinski definition) is 3. The summed E-state index contributed by atoms with van der Waals surface area (Å²) in [5.41, 5.74) is 0.596. The molecule has 0 bridgehead atoms. The van der Waals surface area contributed by atoms with Crippen LogP contribution in [0.3, 0.4) is 0 Å². The summed E-state index contributed by atoms with van der Waals surface area (Å²) in [6, 6.07) is 4.29. The molecule has 21 heavy (non-hydrogen) atoms. The third-order valence-corrected chi connectivity index (χ3v) is 6.07. The van der Waals surface area contributed by atoms with Gasteiger partial charge in [0.25, 0.3) is 0 Å². The number of carbonyl (C=O) groups is 1. The van der Waals surface area contributed by atoms with Gasteiger partial charge in [0.15, 0.2) is 0 Å². The molecule has 1 aromatic rings. The molecular formula is C15H21NO4S. The van der Waals surface area contributed by atoms with Gasteiger partial charge in [-0.05, 0) is 42.9 Å². The van der Waals surface area contributed by atoms with Gasteiger partial charge in [0.05, 0.1) is 10.5 Å².